The van der Waals surface area contributed by atoms with Gasteiger partial charge in [0, 0.05) is 6.54 Å². The quantitative estimate of drug-likeness (QED) is 0.308. The van der Waals surface area contributed by atoms with Crippen molar-refractivity contribution in [2.24, 2.45) is 0 Å². The molecule has 4 rings (SSSR count). The highest BCUT2D eigenvalue weighted by atomic mass is 32.2. The van der Waals surface area contributed by atoms with E-state index in [0.717, 1.165) is 12.0 Å². The van der Waals surface area contributed by atoms with E-state index in [2.05, 4.69) is 20.4 Å². The number of sulfonamides is 1. The van der Waals surface area contributed by atoms with Crippen molar-refractivity contribution >= 4 is 10.0 Å². The lowest BCUT2D eigenvalue weighted by atomic mass is 10.0. The van der Waals surface area contributed by atoms with Crippen LogP contribution in [0.3, 0.4) is 0 Å². The minimum atomic E-state index is -3.94. The molecule has 0 amide bonds. The first-order valence-corrected chi connectivity index (χ1v) is 13.6. The Labute approximate surface area is 214 Å². The van der Waals surface area contributed by atoms with Crippen LogP contribution in [0.4, 0.5) is 0 Å². The molecule has 190 valence electrons. The zero-order valence-electron chi connectivity index (χ0n) is 21.0. The van der Waals surface area contributed by atoms with Gasteiger partial charge in [0.1, 0.15) is 23.4 Å². The zero-order valence-corrected chi connectivity index (χ0v) is 21.8. The fourth-order valence-electron chi connectivity index (χ4n) is 4.18. The van der Waals surface area contributed by atoms with Crippen LogP contribution >= 0.6 is 0 Å². The van der Waals surface area contributed by atoms with Crippen LogP contribution in [0.1, 0.15) is 43.7 Å². The molecule has 1 aliphatic rings. The van der Waals surface area contributed by atoms with Crippen LogP contribution in [0.15, 0.2) is 84.3 Å². The predicted molar refractivity (Wildman–Crippen MR) is 141 cm³/mol. The maximum absolute atomic E-state index is 14.0. The van der Waals surface area contributed by atoms with Crippen molar-refractivity contribution in [2.45, 2.75) is 50.2 Å². The molecule has 36 heavy (non-hydrogen) atoms. The number of hydrogen-bond donors (Lipinski definition) is 0. The molecular formula is C29H33NO5S. The molecule has 0 aromatic heterocycles. The molecule has 1 unspecified atom stereocenters. The summed E-state index contributed by atoms with van der Waals surface area (Å²) in [6.45, 7) is 8.47. The van der Waals surface area contributed by atoms with E-state index in [-0.39, 0.29) is 29.8 Å². The van der Waals surface area contributed by atoms with Crippen molar-refractivity contribution in [3.05, 3.63) is 90.5 Å². The second-order valence-electron chi connectivity index (χ2n) is 9.16. The topological polar surface area (TPSA) is 65.1 Å². The Morgan fingerprint density at radius 3 is 2.39 bits per heavy atom. The standard InChI is InChI=1S/C29H33NO5S/c1-5-6-8-26-20-30(19-22-11-15-24(33-4)16-12-22)36(31,32)29-27(9-7-10-28(29)35-26)34-25-17-13-23(14-18-25)21(2)3/h5,7,9-18,21,26H,1,6,8,19-20H2,2-4H3. The molecule has 0 saturated heterocycles. The van der Waals surface area contributed by atoms with Crippen molar-refractivity contribution in [3.63, 3.8) is 0 Å². The second-order valence-corrected chi connectivity index (χ2v) is 11.0. The number of fused-ring (bicyclic) bond motifs is 1. The van der Waals surface area contributed by atoms with Gasteiger partial charge in [0.05, 0.1) is 13.7 Å². The van der Waals surface area contributed by atoms with Crippen molar-refractivity contribution in [1.29, 1.82) is 0 Å². The smallest absolute Gasteiger partial charge is 0.250 e. The summed E-state index contributed by atoms with van der Waals surface area (Å²) in [4.78, 5) is 0.0487. The first kappa shape index (κ1) is 25.8. The van der Waals surface area contributed by atoms with Crippen LogP contribution in [0.2, 0.25) is 0 Å². The molecule has 3 aromatic carbocycles. The summed E-state index contributed by atoms with van der Waals surface area (Å²) in [5, 5.41) is 0. The third-order valence-corrected chi connectivity index (χ3v) is 8.10. The van der Waals surface area contributed by atoms with Gasteiger partial charge in [-0.3, -0.25) is 0 Å². The van der Waals surface area contributed by atoms with Crippen LogP contribution in [-0.2, 0) is 16.6 Å². The summed E-state index contributed by atoms with van der Waals surface area (Å²) in [6, 6.07) is 20.2. The van der Waals surface area contributed by atoms with Crippen molar-refractivity contribution in [3.8, 4) is 23.0 Å². The molecule has 0 saturated carbocycles. The van der Waals surface area contributed by atoms with Gasteiger partial charge in [-0.05, 0) is 66.3 Å². The van der Waals surface area contributed by atoms with Crippen LogP contribution < -0.4 is 14.2 Å². The summed E-state index contributed by atoms with van der Waals surface area (Å²) in [6.07, 6.45) is 2.87. The highest BCUT2D eigenvalue weighted by Crippen LogP contribution is 2.41. The highest BCUT2D eigenvalue weighted by Gasteiger charge is 2.37. The van der Waals surface area contributed by atoms with E-state index in [1.54, 1.807) is 25.3 Å². The Morgan fingerprint density at radius 2 is 1.75 bits per heavy atom. The summed E-state index contributed by atoms with van der Waals surface area (Å²) in [5.74, 6) is 2.22. The average Bonchev–Trinajstić information content (AvgIpc) is 2.97. The molecule has 0 radical (unpaired) electrons. The number of benzene rings is 3. The van der Waals surface area contributed by atoms with Gasteiger partial charge in [0.15, 0.2) is 10.6 Å². The number of hydrogen-bond acceptors (Lipinski definition) is 5. The normalized spacial score (nSPS) is 17.1. The van der Waals surface area contributed by atoms with E-state index in [0.29, 0.717) is 29.6 Å². The van der Waals surface area contributed by atoms with Crippen molar-refractivity contribution < 1.29 is 22.6 Å². The first-order chi connectivity index (χ1) is 17.3. The van der Waals surface area contributed by atoms with Crippen LogP contribution in [0.5, 0.6) is 23.0 Å². The van der Waals surface area contributed by atoms with E-state index in [1.165, 1.54) is 9.87 Å². The Bertz CT molecular complexity index is 1280. The third-order valence-electron chi connectivity index (χ3n) is 6.23. The lowest BCUT2D eigenvalue weighted by Gasteiger charge is -2.23. The summed E-state index contributed by atoms with van der Waals surface area (Å²) in [5.41, 5.74) is 2.04. The fourth-order valence-corrected chi connectivity index (χ4v) is 5.85. The molecule has 1 heterocycles. The van der Waals surface area contributed by atoms with E-state index in [4.69, 9.17) is 14.2 Å². The van der Waals surface area contributed by atoms with Gasteiger partial charge in [0.2, 0.25) is 0 Å². The zero-order chi connectivity index (χ0) is 25.7. The van der Waals surface area contributed by atoms with Gasteiger partial charge >= 0.3 is 0 Å². The number of rotatable bonds is 9. The summed E-state index contributed by atoms with van der Waals surface area (Å²) < 4.78 is 47.2. The molecule has 7 heteroatoms. The minimum Gasteiger partial charge on any atom is -0.497 e. The second kappa shape index (κ2) is 11.2. The Hall–Kier alpha value is -3.29. The van der Waals surface area contributed by atoms with Gasteiger partial charge in [-0.25, -0.2) is 8.42 Å². The Kier molecular flexibility index (Phi) is 8.01. The Morgan fingerprint density at radius 1 is 1.06 bits per heavy atom. The van der Waals surface area contributed by atoms with Gasteiger partial charge in [-0.1, -0.05) is 50.3 Å². The maximum Gasteiger partial charge on any atom is 0.250 e. The fraction of sp³-hybridized carbons (Fsp3) is 0.310. The van der Waals surface area contributed by atoms with Crippen LogP contribution in [0, 0.1) is 0 Å². The monoisotopic (exact) mass is 507 g/mol. The first-order valence-electron chi connectivity index (χ1n) is 12.1. The molecule has 0 bridgehead atoms. The van der Waals surface area contributed by atoms with Gasteiger partial charge in [0.25, 0.3) is 10.0 Å². The van der Waals surface area contributed by atoms with Gasteiger partial charge in [-0.2, -0.15) is 4.31 Å². The van der Waals surface area contributed by atoms with Gasteiger partial charge < -0.3 is 14.2 Å². The van der Waals surface area contributed by atoms with Gasteiger partial charge in [-0.15, -0.1) is 6.58 Å². The predicted octanol–water partition coefficient (Wildman–Crippen LogP) is 6.53. The molecule has 0 fully saturated rings. The molecule has 1 atom stereocenters. The van der Waals surface area contributed by atoms with Crippen molar-refractivity contribution in [2.75, 3.05) is 13.7 Å². The molecule has 6 nitrogen and oxygen atoms in total. The maximum atomic E-state index is 14.0. The third kappa shape index (κ3) is 5.74. The number of ether oxygens (including phenoxy) is 3. The molecule has 3 aromatic rings. The lowest BCUT2D eigenvalue weighted by molar-refractivity contribution is 0.164. The molecule has 0 spiro atoms. The summed E-state index contributed by atoms with van der Waals surface area (Å²) in [7, 11) is -2.34. The Balaban J connectivity index is 1.72. The molecular weight excluding hydrogens is 474 g/mol. The number of methoxy groups -OCH3 is 1. The van der Waals surface area contributed by atoms with E-state index in [1.807, 2.05) is 54.6 Å². The van der Waals surface area contributed by atoms with Crippen molar-refractivity contribution in [1.82, 2.24) is 4.31 Å². The SMILES string of the molecule is C=CCCC1CN(Cc2ccc(OC)cc2)S(=O)(=O)c2c(Oc3ccc(C(C)C)cc3)cccc2O1. The minimum absolute atomic E-state index is 0.0487. The van der Waals surface area contributed by atoms with Crippen LogP contribution in [-0.4, -0.2) is 32.5 Å². The van der Waals surface area contributed by atoms with E-state index >= 15 is 0 Å². The lowest BCUT2D eigenvalue weighted by Crippen LogP contribution is -2.36. The van der Waals surface area contributed by atoms with Crippen LogP contribution in [0.25, 0.3) is 0 Å². The molecule has 1 aliphatic heterocycles. The largest absolute Gasteiger partial charge is 0.497 e. The molecule has 0 N–H and O–H groups in total. The highest BCUT2D eigenvalue weighted by molar-refractivity contribution is 7.89. The van der Waals surface area contributed by atoms with E-state index < -0.39 is 10.0 Å². The number of allylic oxidation sites excluding steroid dienone is 1. The molecule has 0 aliphatic carbocycles. The number of nitrogens with zero attached hydrogens (tertiary/aromatic N) is 1. The average molecular weight is 508 g/mol. The van der Waals surface area contributed by atoms with E-state index in [9.17, 15) is 8.42 Å². The summed E-state index contributed by atoms with van der Waals surface area (Å²) >= 11 is 0.